The number of β-amino-alcohol motifs (C(OH)–C–C–N with tert-alkyl or cyclic N) is 1. The summed E-state index contributed by atoms with van der Waals surface area (Å²) in [5.41, 5.74) is 1.47. The number of nitrogens with zero attached hydrogens (tertiary/aromatic N) is 4. The highest BCUT2D eigenvalue weighted by molar-refractivity contribution is 7.09. The second-order valence-electron chi connectivity index (χ2n) is 7.26. The van der Waals surface area contributed by atoms with Gasteiger partial charge in [0.25, 0.3) is 5.91 Å². The van der Waals surface area contributed by atoms with Crippen molar-refractivity contribution in [2.45, 2.75) is 6.54 Å². The van der Waals surface area contributed by atoms with E-state index < -0.39 is 0 Å². The molecule has 1 aromatic carbocycles. The average molecular weight is 439 g/mol. The summed E-state index contributed by atoms with van der Waals surface area (Å²) in [6.45, 7) is 4.87. The van der Waals surface area contributed by atoms with E-state index >= 15 is 0 Å². The van der Waals surface area contributed by atoms with Crippen molar-refractivity contribution in [3.63, 3.8) is 0 Å². The Morgan fingerprint density at radius 3 is 2.61 bits per heavy atom. The first kappa shape index (κ1) is 21.2. The van der Waals surface area contributed by atoms with E-state index in [1.165, 1.54) is 0 Å². The van der Waals surface area contributed by atoms with Crippen molar-refractivity contribution in [1.29, 1.82) is 0 Å². The zero-order valence-electron chi connectivity index (χ0n) is 17.2. The zero-order valence-corrected chi connectivity index (χ0v) is 18.0. The predicted octanol–water partition coefficient (Wildman–Crippen LogP) is 2.33. The number of anilines is 3. The average Bonchev–Trinajstić information content (AvgIpc) is 3.33. The lowest BCUT2D eigenvalue weighted by Crippen LogP contribution is -2.47. The molecule has 162 valence electrons. The number of hydrogen-bond acceptors (Lipinski definition) is 8. The Balaban J connectivity index is 1.33. The Bertz CT molecular complexity index is 972. The lowest BCUT2D eigenvalue weighted by Gasteiger charge is -2.34. The van der Waals surface area contributed by atoms with Crippen molar-refractivity contribution in [3.8, 4) is 0 Å². The summed E-state index contributed by atoms with van der Waals surface area (Å²) in [6, 6.07) is 13.1. The maximum atomic E-state index is 12.3. The number of thiophene rings is 1. The van der Waals surface area contributed by atoms with Crippen LogP contribution in [0.15, 0.2) is 54.0 Å². The van der Waals surface area contributed by atoms with Crippen LogP contribution in [0, 0.1) is 0 Å². The molecule has 0 bridgehead atoms. The monoisotopic (exact) mass is 438 g/mol. The minimum absolute atomic E-state index is 0.0930. The van der Waals surface area contributed by atoms with Crippen LogP contribution in [0.2, 0.25) is 0 Å². The first-order chi connectivity index (χ1) is 15.2. The van der Waals surface area contributed by atoms with Gasteiger partial charge in [-0.2, -0.15) is 4.98 Å². The van der Waals surface area contributed by atoms with Crippen molar-refractivity contribution in [1.82, 2.24) is 20.2 Å². The van der Waals surface area contributed by atoms with Gasteiger partial charge < -0.3 is 20.6 Å². The largest absolute Gasteiger partial charge is 0.395 e. The van der Waals surface area contributed by atoms with Crippen LogP contribution in [-0.4, -0.2) is 65.2 Å². The topological polar surface area (TPSA) is 93.6 Å². The highest BCUT2D eigenvalue weighted by Gasteiger charge is 2.18. The second kappa shape index (κ2) is 10.3. The zero-order chi connectivity index (χ0) is 21.5. The highest BCUT2D eigenvalue weighted by Crippen LogP contribution is 2.18. The van der Waals surface area contributed by atoms with Gasteiger partial charge in [0.15, 0.2) is 0 Å². The second-order valence-corrected chi connectivity index (χ2v) is 8.29. The van der Waals surface area contributed by atoms with Gasteiger partial charge in [0, 0.05) is 55.0 Å². The van der Waals surface area contributed by atoms with Gasteiger partial charge in [-0.1, -0.05) is 6.07 Å². The van der Waals surface area contributed by atoms with Crippen molar-refractivity contribution >= 4 is 34.7 Å². The van der Waals surface area contributed by atoms with E-state index in [4.69, 9.17) is 5.11 Å². The predicted molar refractivity (Wildman–Crippen MR) is 123 cm³/mol. The maximum absolute atomic E-state index is 12.3. The van der Waals surface area contributed by atoms with E-state index in [0.717, 1.165) is 36.7 Å². The Kier molecular flexibility index (Phi) is 7.08. The standard InChI is InChI=1S/C22H26N6O2S/c29-14-13-27-9-11-28(12-10-27)22-23-8-7-20(26-22)25-18-5-3-17(4-6-18)21(30)24-16-19-2-1-15-31-19/h1-8,15,29H,9-14,16H2,(H,24,30)(H,23,25,26). The van der Waals surface area contributed by atoms with Crippen LogP contribution in [0.1, 0.15) is 15.2 Å². The molecule has 3 aromatic rings. The van der Waals surface area contributed by atoms with Crippen molar-refractivity contribution < 1.29 is 9.90 Å². The summed E-state index contributed by atoms with van der Waals surface area (Å²) in [5.74, 6) is 1.31. The van der Waals surface area contributed by atoms with Gasteiger partial charge in [-0.05, 0) is 41.8 Å². The molecule has 3 N–H and O–H groups in total. The number of benzene rings is 1. The van der Waals surface area contributed by atoms with Crippen LogP contribution in [0.5, 0.6) is 0 Å². The number of aliphatic hydroxyl groups excluding tert-OH is 1. The molecule has 8 nitrogen and oxygen atoms in total. The fourth-order valence-corrected chi connectivity index (χ4v) is 4.06. The molecule has 4 rings (SSSR count). The van der Waals surface area contributed by atoms with Gasteiger partial charge in [-0.3, -0.25) is 9.69 Å². The third-order valence-corrected chi connectivity index (χ3v) is 6.01. The molecule has 0 aliphatic carbocycles. The van der Waals surface area contributed by atoms with Crippen LogP contribution in [0.4, 0.5) is 17.5 Å². The van der Waals surface area contributed by atoms with Gasteiger partial charge >= 0.3 is 0 Å². The minimum Gasteiger partial charge on any atom is -0.395 e. The Hall–Kier alpha value is -3.01. The molecule has 0 atom stereocenters. The molecule has 1 fully saturated rings. The molecule has 1 aliphatic rings. The number of piperazine rings is 1. The molecule has 0 radical (unpaired) electrons. The molecule has 2 aromatic heterocycles. The van der Waals surface area contributed by atoms with Crippen LogP contribution in [-0.2, 0) is 6.54 Å². The third-order valence-electron chi connectivity index (χ3n) is 5.14. The summed E-state index contributed by atoms with van der Waals surface area (Å²) in [5, 5.41) is 17.3. The van der Waals surface area contributed by atoms with Crippen LogP contribution < -0.4 is 15.5 Å². The molecule has 0 saturated carbocycles. The molecule has 0 spiro atoms. The summed E-state index contributed by atoms with van der Waals surface area (Å²) in [7, 11) is 0. The fourth-order valence-electron chi connectivity index (χ4n) is 3.42. The number of rotatable bonds is 8. The van der Waals surface area contributed by atoms with E-state index in [2.05, 4.69) is 30.4 Å². The molecule has 31 heavy (non-hydrogen) atoms. The molecule has 1 amide bonds. The summed E-state index contributed by atoms with van der Waals surface area (Å²) >= 11 is 1.62. The summed E-state index contributed by atoms with van der Waals surface area (Å²) < 4.78 is 0. The number of aliphatic hydroxyl groups is 1. The number of amides is 1. The Labute approximate surface area is 185 Å². The van der Waals surface area contributed by atoms with E-state index in [9.17, 15) is 4.79 Å². The molecule has 1 saturated heterocycles. The normalized spacial score (nSPS) is 14.4. The molecule has 0 unspecified atom stereocenters. The molecule has 9 heteroatoms. The van der Waals surface area contributed by atoms with E-state index in [-0.39, 0.29) is 12.5 Å². The van der Waals surface area contributed by atoms with Crippen molar-refractivity contribution in [2.24, 2.45) is 0 Å². The number of carbonyl (C=O) groups is 1. The molecular formula is C22H26N6O2S. The van der Waals surface area contributed by atoms with Gasteiger partial charge in [0.1, 0.15) is 5.82 Å². The highest BCUT2D eigenvalue weighted by atomic mass is 32.1. The Morgan fingerprint density at radius 2 is 1.90 bits per heavy atom. The van der Waals surface area contributed by atoms with Crippen molar-refractivity contribution in [2.75, 3.05) is 49.5 Å². The summed E-state index contributed by atoms with van der Waals surface area (Å²) in [6.07, 6.45) is 1.75. The van der Waals surface area contributed by atoms with Crippen LogP contribution >= 0.6 is 11.3 Å². The number of aromatic nitrogens is 2. The lowest BCUT2D eigenvalue weighted by molar-refractivity contribution is 0.0951. The lowest BCUT2D eigenvalue weighted by atomic mass is 10.2. The smallest absolute Gasteiger partial charge is 0.251 e. The SMILES string of the molecule is O=C(NCc1cccs1)c1ccc(Nc2ccnc(N3CCN(CCO)CC3)n2)cc1. The Morgan fingerprint density at radius 1 is 1.10 bits per heavy atom. The molecular weight excluding hydrogens is 412 g/mol. The van der Waals surface area contributed by atoms with Gasteiger partial charge in [0.05, 0.1) is 13.2 Å². The number of hydrogen-bond donors (Lipinski definition) is 3. The van der Waals surface area contributed by atoms with Crippen LogP contribution in [0.3, 0.4) is 0 Å². The maximum Gasteiger partial charge on any atom is 0.251 e. The fraction of sp³-hybridized carbons (Fsp3) is 0.318. The number of carbonyl (C=O) groups excluding carboxylic acids is 1. The van der Waals surface area contributed by atoms with E-state index in [1.807, 2.05) is 35.7 Å². The quantitative estimate of drug-likeness (QED) is 0.497. The summed E-state index contributed by atoms with van der Waals surface area (Å²) in [4.78, 5) is 26.9. The van der Waals surface area contributed by atoms with Gasteiger partial charge in [-0.15, -0.1) is 11.3 Å². The first-order valence-corrected chi connectivity index (χ1v) is 11.2. The number of nitrogens with one attached hydrogen (secondary N) is 2. The van der Waals surface area contributed by atoms with Gasteiger partial charge in [0.2, 0.25) is 5.95 Å². The minimum atomic E-state index is -0.0930. The molecule has 1 aliphatic heterocycles. The van der Waals surface area contributed by atoms with Gasteiger partial charge in [-0.25, -0.2) is 4.98 Å². The van der Waals surface area contributed by atoms with E-state index in [1.54, 1.807) is 29.7 Å². The third kappa shape index (κ3) is 5.78. The van der Waals surface area contributed by atoms with Crippen LogP contribution in [0.25, 0.3) is 0 Å². The van der Waals surface area contributed by atoms with Crippen molar-refractivity contribution in [3.05, 3.63) is 64.5 Å². The molecule has 3 heterocycles. The first-order valence-electron chi connectivity index (χ1n) is 10.3. The van der Waals surface area contributed by atoms with E-state index in [0.29, 0.717) is 30.4 Å².